The summed E-state index contributed by atoms with van der Waals surface area (Å²) in [7, 11) is 0. The fraction of sp³-hybridized carbons (Fsp3) is 0.860. The van der Waals surface area contributed by atoms with E-state index in [4.69, 9.17) is 15.2 Å². The molecular formula is C43H82BrNO5. The first-order chi connectivity index (χ1) is 23.7. The van der Waals surface area contributed by atoms with Crippen molar-refractivity contribution in [2.75, 3.05) is 6.61 Å². The topological polar surface area (TPSA) is 98.8 Å². The maximum Gasteiger partial charge on any atom is 0.309 e. The predicted molar refractivity (Wildman–Crippen MR) is 219 cm³/mol. The van der Waals surface area contributed by atoms with Gasteiger partial charge in [0.1, 0.15) is 0 Å². The van der Waals surface area contributed by atoms with E-state index in [1.165, 1.54) is 103 Å². The minimum Gasteiger partial charge on any atom is -0.422 e. The number of aliphatic hydroxyl groups excluding tert-OH is 1. The monoisotopic (exact) mass is 772 g/mol. The number of allylic oxidation sites excluding steroid dienone is 4. The van der Waals surface area contributed by atoms with Gasteiger partial charge in [-0.3, -0.25) is 9.59 Å². The Bertz CT molecular complexity index is 769. The van der Waals surface area contributed by atoms with Crippen LogP contribution in [0.2, 0.25) is 0 Å². The minimum atomic E-state index is -1.54. The van der Waals surface area contributed by atoms with Crippen LogP contribution >= 0.6 is 17.0 Å². The molecule has 0 aliphatic heterocycles. The van der Waals surface area contributed by atoms with E-state index in [0.717, 1.165) is 64.2 Å². The molecule has 0 aliphatic rings. The van der Waals surface area contributed by atoms with E-state index in [1.54, 1.807) is 0 Å². The summed E-state index contributed by atoms with van der Waals surface area (Å²) in [5.41, 5.74) is 5.55. The van der Waals surface area contributed by atoms with Gasteiger partial charge in [-0.1, -0.05) is 141 Å². The first kappa shape index (κ1) is 50.9. The fourth-order valence-electron chi connectivity index (χ4n) is 6.35. The van der Waals surface area contributed by atoms with Crippen LogP contribution in [0.3, 0.4) is 0 Å². The van der Waals surface area contributed by atoms with E-state index in [2.05, 4.69) is 38.2 Å². The molecule has 6 nitrogen and oxygen atoms in total. The Morgan fingerprint density at radius 3 is 1.14 bits per heavy atom. The highest BCUT2D eigenvalue weighted by atomic mass is 79.9. The number of carbonyl (C=O) groups is 2. The molecule has 3 N–H and O–H groups in total. The summed E-state index contributed by atoms with van der Waals surface area (Å²) in [6, 6.07) is 0. The highest BCUT2D eigenvalue weighted by Gasteiger charge is 2.42. The zero-order valence-corrected chi connectivity index (χ0v) is 35.0. The molecule has 0 aromatic heterocycles. The molecule has 0 unspecified atom stereocenters. The second kappa shape index (κ2) is 36.2. The van der Waals surface area contributed by atoms with Gasteiger partial charge < -0.3 is 20.3 Å². The van der Waals surface area contributed by atoms with Crippen LogP contribution in [0.5, 0.6) is 0 Å². The Labute approximate surface area is 320 Å². The second-order valence-corrected chi connectivity index (χ2v) is 15.2. The molecule has 0 rings (SSSR count). The molecule has 0 spiro atoms. The molecule has 296 valence electrons. The largest absolute Gasteiger partial charge is 0.422 e. The Morgan fingerprint density at radius 2 is 0.840 bits per heavy atom. The molecule has 0 saturated heterocycles. The van der Waals surface area contributed by atoms with E-state index < -0.39 is 23.3 Å². The molecule has 0 fully saturated rings. The first-order valence-corrected chi connectivity index (χ1v) is 20.8. The lowest BCUT2D eigenvalue weighted by Crippen LogP contribution is -2.49. The molecule has 0 aromatic rings. The standard InChI is InChI=1S/C43H81NO5.BrH/c1-5-7-9-11-13-15-17-19-21-23-25-27-29-31-33-35-40(46)48-43(37-38-45,39-42(3,4)44)49-41(47)36-34-32-30-28-26-24-22-20-18-16-14-12-10-8-6-2;/h19-22,45H,5-18,23-39,44H2,1-4H3;1H. The summed E-state index contributed by atoms with van der Waals surface area (Å²) >= 11 is 0. The summed E-state index contributed by atoms with van der Waals surface area (Å²) in [5.74, 6) is -2.33. The van der Waals surface area contributed by atoms with Crippen molar-refractivity contribution >= 4 is 28.9 Å². The lowest BCUT2D eigenvalue weighted by atomic mass is 9.93. The Morgan fingerprint density at radius 1 is 0.540 bits per heavy atom. The summed E-state index contributed by atoms with van der Waals surface area (Å²) in [6.45, 7) is 7.88. The molecule has 7 heteroatoms. The molecular weight excluding hydrogens is 690 g/mol. The maximum absolute atomic E-state index is 12.9. The fourth-order valence-corrected chi connectivity index (χ4v) is 6.35. The van der Waals surface area contributed by atoms with Gasteiger partial charge >= 0.3 is 11.9 Å². The summed E-state index contributed by atoms with van der Waals surface area (Å²) in [5, 5.41) is 9.83. The Hall–Kier alpha value is -1.18. The lowest BCUT2D eigenvalue weighted by molar-refractivity contribution is -0.239. The first-order valence-electron chi connectivity index (χ1n) is 20.8. The van der Waals surface area contributed by atoms with Gasteiger partial charge in [0.2, 0.25) is 0 Å². The predicted octanol–water partition coefficient (Wildman–Crippen LogP) is 12.9. The number of hydrogen-bond donors (Lipinski definition) is 2. The van der Waals surface area contributed by atoms with E-state index in [-0.39, 0.29) is 49.3 Å². The summed E-state index contributed by atoms with van der Waals surface area (Å²) in [4.78, 5) is 25.8. The van der Waals surface area contributed by atoms with Crippen molar-refractivity contribution in [2.45, 2.75) is 232 Å². The second-order valence-electron chi connectivity index (χ2n) is 15.2. The van der Waals surface area contributed by atoms with Crippen molar-refractivity contribution in [2.24, 2.45) is 5.73 Å². The van der Waals surface area contributed by atoms with Crippen LogP contribution in [-0.2, 0) is 19.1 Å². The van der Waals surface area contributed by atoms with Crippen molar-refractivity contribution in [3.63, 3.8) is 0 Å². The molecule has 0 amide bonds. The van der Waals surface area contributed by atoms with Gasteiger partial charge in [-0.15, -0.1) is 17.0 Å². The minimum absolute atomic E-state index is 0. The quantitative estimate of drug-likeness (QED) is 0.0285. The third kappa shape index (κ3) is 35.2. The van der Waals surface area contributed by atoms with Gasteiger partial charge in [-0.05, 0) is 78.1 Å². The van der Waals surface area contributed by atoms with Crippen molar-refractivity contribution < 1.29 is 24.2 Å². The maximum atomic E-state index is 12.9. The normalized spacial score (nSPS) is 13.1. The molecule has 0 saturated carbocycles. The summed E-state index contributed by atoms with van der Waals surface area (Å²) in [6.07, 6.45) is 41.0. The van der Waals surface area contributed by atoms with Gasteiger partial charge in [0.15, 0.2) is 0 Å². The number of nitrogens with two attached hydrogens (primary N) is 1. The van der Waals surface area contributed by atoms with E-state index in [1.807, 2.05) is 13.8 Å². The van der Waals surface area contributed by atoms with Crippen LogP contribution in [0, 0.1) is 0 Å². The van der Waals surface area contributed by atoms with Crippen molar-refractivity contribution in [3.8, 4) is 0 Å². The SMILES string of the molecule is Br.CCCCCCCCC=CCCCCCCCC(=O)OC(CCO)(CC(C)(C)N)OC(=O)CCCCCCCC=CCCCCCCCC. The zero-order chi connectivity index (χ0) is 36.3. The Balaban J connectivity index is 0. The number of esters is 2. The molecule has 0 aromatic carbocycles. The number of hydrogen-bond acceptors (Lipinski definition) is 6. The van der Waals surface area contributed by atoms with E-state index >= 15 is 0 Å². The third-order valence-electron chi connectivity index (χ3n) is 9.10. The van der Waals surface area contributed by atoms with Crippen LogP contribution in [0.4, 0.5) is 0 Å². The van der Waals surface area contributed by atoms with Gasteiger partial charge in [-0.25, -0.2) is 0 Å². The number of rotatable bonds is 36. The van der Waals surface area contributed by atoms with Crippen LogP contribution in [-0.4, -0.2) is 35.0 Å². The van der Waals surface area contributed by atoms with E-state index in [0.29, 0.717) is 0 Å². The van der Waals surface area contributed by atoms with E-state index in [9.17, 15) is 14.7 Å². The number of unbranched alkanes of at least 4 members (excludes halogenated alkanes) is 22. The number of ether oxygens (including phenoxy) is 2. The number of aliphatic hydroxyl groups is 1. The Kier molecular flexibility index (Phi) is 36.9. The van der Waals surface area contributed by atoms with Crippen molar-refractivity contribution in [3.05, 3.63) is 24.3 Å². The highest BCUT2D eigenvalue weighted by molar-refractivity contribution is 8.93. The lowest BCUT2D eigenvalue weighted by Gasteiger charge is -2.37. The van der Waals surface area contributed by atoms with Gasteiger partial charge in [0.25, 0.3) is 5.79 Å². The third-order valence-corrected chi connectivity index (χ3v) is 9.10. The smallest absolute Gasteiger partial charge is 0.309 e. The van der Waals surface area contributed by atoms with Crippen LogP contribution < -0.4 is 5.73 Å². The molecule has 50 heavy (non-hydrogen) atoms. The highest BCUT2D eigenvalue weighted by Crippen LogP contribution is 2.30. The van der Waals surface area contributed by atoms with Gasteiger partial charge in [0, 0.05) is 31.2 Å². The van der Waals surface area contributed by atoms with Crippen LogP contribution in [0.1, 0.15) is 220 Å². The molecule has 0 atom stereocenters. The molecule has 0 heterocycles. The van der Waals surface area contributed by atoms with Crippen molar-refractivity contribution in [1.82, 2.24) is 0 Å². The molecule has 0 aliphatic carbocycles. The van der Waals surface area contributed by atoms with Gasteiger partial charge in [0.05, 0.1) is 6.61 Å². The molecule has 0 radical (unpaired) electrons. The van der Waals surface area contributed by atoms with Crippen molar-refractivity contribution in [1.29, 1.82) is 0 Å². The number of carbonyl (C=O) groups excluding carboxylic acids is 2. The molecule has 0 bridgehead atoms. The summed E-state index contributed by atoms with van der Waals surface area (Å²) < 4.78 is 11.7. The average Bonchev–Trinajstić information content (AvgIpc) is 3.04. The number of halogens is 1. The van der Waals surface area contributed by atoms with Gasteiger partial charge in [-0.2, -0.15) is 0 Å². The zero-order valence-electron chi connectivity index (χ0n) is 33.3. The van der Waals surface area contributed by atoms with Crippen LogP contribution in [0.15, 0.2) is 24.3 Å². The average molecular weight is 773 g/mol. The van der Waals surface area contributed by atoms with Crippen LogP contribution in [0.25, 0.3) is 0 Å².